The lowest BCUT2D eigenvalue weighted by molar-refractivity contribution is -0.174. The predicted molar refractivity (Wildman–Crippen MR) is 119 cm³/mol. The molecule has 5 rings (SSSR count). The lowest BCUT2D eigenvalue weighted by Gasteiger charge is -2.60. The zero-order valence-electron chi connectivity index (χ0n) is 19.8. The van der Waals surface area contributed by atoms with Crippen LogP contribution >= 0.6 is 0 Å². The number of hydrogen-bond acceptors (Lipinski definition) is 9. The number of Topliss-reactive ketones (excluding diaryl/α,β-unsaturated/α-hetero) is 1. The molecule has 0 amide bonds. The number of nitrogens with zero attached hydrogens (tertiary/aromatic N) is 1. The van der Waals surface area contributed by atoms with E-state index in [2.05, 4.69) is 11.6 Å². The summed E-state index contributed by atoms with van der Waals surface area (Å²) in [5.74, 6) is -2.98. The van der Waals surface area contributed by atoms with Crippen molar-refractivity contribution in [3.8, 4) is 0 Å². The van der Waals surface area contributed by atoms with E-state index in [1.165, 1.54) is 19.4 Å². The van der Waals surface area contributed by atoms with Gasteiger partial charge in [-0.1, -0.05) is 20.4 Å². The SMILES string of the molecule is C=C1O[C@H](c2ccoc2)C[C@]2(C)[C@H]3C(=O)C(OC(=O)c4cnco4)=C[C@@H](C(=O)OC)[C@]3(C)CC[C@@H]12. The molecule has 2 aliphatic carbocycles. The van der Waals surface area contributed by atoms with Crippen LogP contribution in [0.25, 0.3) is 0 Å². The normalized spacial score (nSPS) is 34.2. The maximum atomic E-state index is 14.1. The summed E-state index contributed by atoms with van der Waals surface area (Å²) in [7, 11) is 1.31. The Hall–Kier alpha value is -3.62. The van der Waals surface area contributed by atoms with E-state index in [1.807, 2.05) is 19.9 Å². The van der Waals surface area contributed by atoms with Gasteiger partial charge in [0.1, 0.15) is 6.10 Å². The summed E-state index contributed by atoms with van der Waals surface area (Å²) in [6.07, 6.45) is 8.32. The molecule has 2 fully saturated rings. The summed E-state index contributed by atoms with van der Waals surface area (Å²) in [6, 6.07) is 1.83. The molecule has 0 radical (unpaired) electrons. The average Bonchev–Trinajstić information content (AvgIpc) is 3.54. The second-order valence-corrected chi connectivity index (χ2v) is 10.0. The number of methoxy groups -OCH3 is 1. The van der Waals surface area contributed by atoms with Gasteiger partial charge < -0.3 is 23.0 Å². The van der Waals surface area contributed by atoms with Crippen molar-refractivity contribution in [3.63, 3.8) is 0 Å². The first kappa shape index (κ1) is 23.1. The molecule has 6 atom stereocenters. The van der Waals surface area contributed by atoms with Gasteiger partial charge in [-0.05, 0) is 42.2 Å². The standard InChI is InChI=1S/C26H27NO8/c1-14-16-5-7-25(2)17(23(29)31-4)9-18(35-24(30)20-11-27-13-33-20)21(28)22(25)26(16,3)10-19(34-14)15-6-8-32-12-15/h6,8-9,11-13,16-17,19,22H,1,5,7,10H2,2-4H3/t16-,17-,19-,22-,25-,26-/m0/s1. The van der Waals surface area contributed by atoms with Gasteiger partial charge in [0.25, 0.3) is 0 Å². The molecular formula is C26H27NO8. The summed E-state index contributed by atoms with van der Waals surface area (Å²) in [5.41, 5.74) is -0.541. The van der Waals surface area contributed by atoms with E-state index < -0.39 is 34.6 Å². The Morgan fingerprint density at radius 2 is 2.06 bits per heavy atom. The number of allylic oxidation sites excluding steroid dienone is 2. The number of rotatable bonds is 4. The first-order valence-corrected chi connectivity index (χ1v) is 11.5. The molecule has 2 aromatic heterocycles. The molecule has 9 nitrogen and oxygen atoms in total. The topological polar surface area (TPSA) is 118 Å². The molecule has 0 spiro atoms. The molecule has 0 bridgehead atoms. The van der Waals surface area contributed by atoms with Gasteiger partial charge in [0.15, 0.2) is 12.2 Å². The zero-order valence-corrected chi connectivity index (χ0v) is 19.8. The first-order valence-electron chi connectivity index (χ1n) is 11.5. The van der Waals surface area contributed by atoms with E-state index in [0.29, 0.717) is 25.0 Å². The van der Waals surface area contributed by atoms with E-state index in [0.717, 1.165) is 12.0 Å². The highest BCUT2D eigenvalue weighted by molar-refractivity contribution is 6.02. The molecule has 35 heavy (non-hydrogen) atoms. The smallest absolute Gasteiger partial charge is 0.381 e. The van der Waals surface area contributed by atoms with Crippen LogP contribution in [0.15, 0.2) is 64.2 Å². The molecule has 0 unspecified atom stereocenters. The molecule has 0 N–H and O–H groups in total. The van der Waals surface area contributed by atoms with Crippen molar-refractivity contribution in [2.24, 2.45) is 28.6 Å². The Morgan fingerprint density at radius 3 is 2.71 bits per heavy atom. The van der Waals surface area contributed by atoms with Crippen LogP contribution in [-0.2, 0) is 23.8 Å². The van der Waals surface area contributed by atoms with E-state index >= 15 is 0 Å². The second kappa shape index (κ2) is 8.25. The van der Waals surface area contributed by atoms with Crippen LogP contribution in [0.3, 0.4) is 0 Å². The highest BCUT2D eigenvalue weighted by atomic mass is 16.6. The molecule has 0 aromatic carbocycles. The fourth-order valence-corrected chi connectivity index (χ4v) is 6.54. The predicted octanol–water partition coefficient (Wildman–Crippen LogP) is 4.39. The number of furan rings is 1. The van der Waals surface area contributed by atoms with Crippen LogP contribution in [0.5, 0.6) is 0 Å². The minimum Gasteiger partial charge on any atom is -0.490 e. The van der Waals surface area contributed by atoms with Crippen LogP contribution in [0.2, 0.25) is 0 Å². The fraction of sp³-hybridized carbons (Fsp3) is 0.462. The minimum absolute atomic E-state index is 0.115. The molecule has 9 heteroatoms. The van der Waals surface area contributed by atoms with Crippen molar-refractivity contribution < 1.29 is 37.4 Å². The Balaban J connectivity index is 1.58. The van der Waals surface area contributed by atoms with E-state index in [9.17, 15) is 14.4 Å². The van der Waals surface area contributed by atoms with Gasteiger partial charge in [-0.15, -0.1) is 0 Å². The van der Waals surface area contributed by atoms with Gasteiger partial charge in [0.2, 0.25) is 11.5 Å². The molecule has 3 aliphatic rings. The number of ketones is 1. The van der Waals surface area contributed by atoms with Gasteiger partial charge in [-0.2, -0.15) is 0 Å². The van der Waals surface area contributed by atoms with Gasteiger partial charge in [0, 0.05) is 17.4 Å². The van der Waals surface area contributed by atoms with Crippen LogP contribution in [0.1, 0.15) is 55.3 Å². The third-order valence-corrected chi connectivity index (χ3v) is 8.13. The number of esters is 2. The molecule has 1 aliphatic heterocycles. The minimum atomic E-state index is -0.862. The maximum Gasteiger partial charge on any atom is 0.381 e. The Morgan fingerprint density at radius 1 is 1.26 bits per heavy atom. The molecule has 1 saturated carbocycles. The van der Waals surface area contributed by atoms with Gasteiger partial charge in [-0.25, -0.2) is 9.78 Å². The average molecular weight is 482 g/mol. The summed E-state index contributed by atoms with van der Waals surface area (Å²) in [5, 5.41) is 0. The Kier molecular flexibility index (Phi) is 5.45. The number of carbonyl (C=O) groups excluding carboxylic acids is 3. The van der Waals surface area contributed by atoms with Crippen LogP contribution in [0, 0.1) is 28.6 Å². The lowest BCUT2D eigenvalue weighted by Crippen LogP contribution is -2.60. The quantitative estimate of drug-likeness (QED) is 0.586. The monoisotopic (exact) mass is 481 g/mol. The van der Waals surface area contributed by atoms with E-state index in [1.54, 1.807) is 12.5 Å². The number of ether oxygens (including phenoxy) is 3. The molecule has 184 valence electrons. The largest absolute Gasteiger partial charge is 0.490 e. The number of fused-ring (bicyclic) bond motifs is 3. The first-order chi connectivity index (χ1) is 16.7. The van der Waals surface area contributed by atoms with Gasteiger partial charge in [0.05, 0.1) is 37.5 Å². The third-order valence-electron chi connectivity index (χ3n) is 8.13. The summed E-state index contributed by atoms with van der Waals surface area (Å²) < 4.78 is 27.0. The van der Waals surface area contributed by atoms with Crippen molar-refractivity contribution in [2.45, 2.75) is 39.2 Å². The number of carbonyl (C=O) groups is 3. The molecule has 2 aromatic rings. The summed E-state index contributed by atoms with van der Waals surface area (Å²) >= 11 is 0. The zero-order chi connectivity index (χ0) is 25.0. The highest BCUT2D eigenvalue weighted by Gasteiger charge is 2.65. The van der Waals surface area contributed by atoms with Crippen LogP contribution in [-0.4, -0.2) is 29.8 Å². The van der Waals surface area contributed by atoms with E-state index in [-0.39, 0.29) is 29.3 Å². The van der Waals surface area contributed by atoms with Crippen molar-refractivity contribution in [1.29, 1.82) is 0 Å². The summed E-state index contributed by atoms with van der Waals surface area (Å²) in [6.45, 7) is 8.16. The summed E-state index contributed by atoms with van der Waals surface area (Å²) in [4.78, 5) is 43.4. The number of oxazole rings is 1. The molecule has 1 saturated heterocycles. The lowest BCUT2D eigenvalue weighted by atomic mass is 9.44. The highest BCUT2D eigenvalue weighted by Crippen LogP contribution is 2.66. The van der Waals surface area contributed by atoms with Gasteiger partial charge >= 0.3 is 11.9 Å². The Bertz CT molecular complexity index is 1200. The van der Waals surface area contributed by atoms with Crippen molar-refractivity contribution in [2.75, 3.05) is 7.11 Å². The third kappa shape index (κ3) is 3.52. The number of aromatic nitrogens is 1. The molecule has 3 heterocycles. The van der Waals surface area contributed by atoms with Crippen molar-refractivity contribution in [1.82, 2.24) is 4.98 Å². The molecular weight excluding hydrogens is 454 g/mol. The van der Waals surface area contributed by atoms with Crippen molar-refractivity contribution in [3.05, 3.63) is 66.7 Å². The Labute approximate surface area is 202 Å². The number of hydrogen-bond donors (Lipinski definition) is 0. The maximum absolute atomic E-state index is 14.1. The van der Waals surface area contributed by atoms with Crippen molar-refractivity contribution >= 4 is 17.7 Å². The fourth-order valence-electron chi connectivity index (χ4n) is 6.54. The van der Waals surface area contributed by atoms with Gasteiger partial charge in [-0.3, -0.25) is 9.59 Å². The van der Waals surface area contributed by atoms with Crippen LogP contribution in [0.4, 0.5) is 0 Å². The van der Waals surface area contributed by atoms with E-state index in [4.69, 9.17) is 23.0 Å². The van der Waals surface area contributed by atoms with Crippen LogP contribution < -0.4 is 0 Å². The second-order valence-electron chi connectivity index (χ2n) is 10.0.